The molecule has 0 bridgehead atoms. The molecule has 3 rings (SSSR count). The number of carbonyl (C=O) groups is 2. The van der Waals surface area contributed by atoms with Crippen LogP contribution in [0.5, 0.6) is 5.75 Å². The van der Waals surface area contributed by atoms with E-state index in [2.05, 4.69) is 10.6 Å². The van der Waals surface area contributed by atoms with E-state index in [4.69, 9.17) is 21.1 Å². The fourth-order valence-corrected chi connectivity index (χ4v) is 3.15. The van der Waals surface area contributed by atoms with E-state index in [9.17, 15) is 9.59 Å². The van der Waals surface area contributed by atoms with Crippen LogP contribution in [0.3, 0.4) is 0 Å². The molecule has 2 N–H and O–H groups in total. The van der Waals surface area contributed by atoms with Crippen molar-refractivity contribution in [1.82, 2.24) is 0 Å². The number of rotatable bonds is 5. The molecule has 1 aliphatic rings. The Balaban J connectivity index is 1.66. The highest BCUT2D eigenvalue weighted by Gasteiger charge is 2.15. The van der Waals surface area contributed by atoms with Gasteiger partial charge in [-0.1, -0.05) is 11.6 Å². The lowest BCUT2D eigenvalue weighted by molar-refractivity contribution is -0.116. The second kappa shape index (κ2) is 8.83. The second-order valence-electron chi connectivity index (χ2n) is 5.53. The smallest absolute Gasteiger partial charge is 0.291 e. The van der Waals surface area contributed by atoms with Gasteiger partial charge in [0.2, 0.25) is 0 Å². The molecule has 27 heavy (non-hydrogen) atoms. The SMILES string of the molecule is COc1ccc(Cl)cc1NC(=O)c1ccc(NC(=O)C2=CSCCO2)cc1. The van der Waals surface area contributed by atoms with Crippen LogP contribution in [0.1, 0.15) is 10.4 Å². The number of methoxy groups -OCH3 is 1. The first-order chi connectivity index (χ1) is 13.1. The average molecular weight is 405 g/mol. The predicted octanol–water partition coefficient (Wildman–Crippen LogP) is 4.14. The van der Waals surface area contributed by atoms with Crippen LogP contribution in [0, 0.1) is 0 Å². The van der Waals surface area contributed by atoms with Crippen molar-refractivity contribution in [3.8, 4) is 5.75 Å². The van der Waals surface area contributed by atoms with Gasteiger partial charge in [-0.3, -0.25) is 9.59 Å². The quantitative estimate of drug-likeness (QED) is 0.783. The summed E-state index contributed by atoms with van der Waals surface area (Å²) < 4.78 is 10.5. The molecule has 1 heterocycles. The van der Waals surface area contributed by atoms with Crippen LogP contribution in [0.4, 0.5) is 11.4 Å². The van der Waals surface area contributed by atoms with Crippen molar-refractivity contribution in [3.05, 3.63) is 64.2 Å². The first kappa shape index (κ1) is 19.1. The number of benzene rings is 2. The highest BCUT2D eigenvalue weighted by Crippen LogP contribution is 2.28. The molecule has 0 spiro atoms. The molecule has 0 fully saturated rings. The molecule has 6 nitrogen and oxygen atoms in total. The number of thioether (sulfide) groups is 1. The summed E-state index contributed by atoms with van der Waals surface area (Å²) in [6.45, 7) is 0.510. The monoisotopic (exact) mass is 404 g/mol. The molecule has 0 unspecified atom stereocenters. The summed E-state index contributed by atoms with van der Waals surface area (Å²) in [5, 5.41) is 7.68. The van der Waals surface area contributed by atoms with E-state index in [1.54, 1.807) is 47.9 Å². The Bertz CT molecular complexity index is 884. The number of amides is 2. The number of carbonyl (C=O) groups excluding carboxylic acids is 2. The number of anilines is 2. The van der Waals surface area contributed by atoms with E-state index in [1.807, 2.05) is 0 Å². The fourth-order valence-electron chi connectivity index (χ4n) is 2.36. The summed E-state index contributed by atoms with van der Waals surface area (Å²) in [4.78, 5) is 24.6. The number of halogens is 1. The molecule has 1 aliphatic heterocycles. The summed E-state index contributed by atoms with van der Waals surface area (Å²) in [5.74, 6) is 1.00. The topological polar surface area (TPSA) is 76.7 Å². The van der Waals surface area contributed by atoms with Gasteiger partial charge in [-0.25, -0.2) is 0 Å². The van der Waals surface area contributed by atoms with Gasteiger partial charge in [-0.2, -0.15) is 0 Å². The molecule has 0 radical (unpaired) electrons. The Hall–Kier alpha value is -2.64. The largest absolute Gasteiger partial charge is 0.495 e. The van der Waals surface area contributed by atoms with E-state index in [0.29, 0.717) is 40.1 Å². The predicted molar refractivity (Wildman–Crippen MR) is 108 cm³/mol. The normalized spacial score (nSPS) is 13.2. The minimum Gasteiger partial charge on any atom is -0.495 e. The minimum absolute atomic E-state index is 0.293. The molecule has 0 aliphatic carbocycles. The summed E-state index contributed by atoms with van der Waals surface area (Å²) >= 11 is 7.51. The summed E-state index contributed by atoms with van der Waals surface area (Å²) in [7, 11) is 1.51. The molecule has 0 saturated carbocycles. The maximum absolute atomic E-state index is 12.4. The van der Waals surface area contributed by atoms with Crippen LogP contribution in [0.2, 0.25) is 5.02 Å². The molecule has 0 saturated heterocycles. The van der Waals surface area contributed by atoms with Gasteiger partial charge in [-0.15, -0.1) is 11.8 Å². The van der Waals surface area contributed by atoms with Gasteiger partial charge < -0.3 is 20.1 Å². The molecule has 8 heteroatoms. The maximum atomic E-state index is 12.4. The van der Waals surface area contributed by atoms with Gasteiger partial charge in [0.15, 0.2) is 5.76 Å². The van der Waals surface area contributed by atoms with Crippen molar-refractivity contribution in [3.63, 3.8) is 0 Å². The third-order valence-corrected chi connectivity index (χ3v) is 4.71. The van der Waals surface area contributed by atoms with Crippen molar-refractivity contribution in [1.29, 1.82) is 0 Å². The number of hydrogen-bond donors (Lipinski definition) is 2. The zero-order chi connectivity index (χ0) is 19.2. The lowest BCUT2D eigenvalue weighted by Gasteiger charge is -2.14. The van der Waals surface area contributed by atoms with Gasteiger partial charge in [0.25, 0.3) is 11.8 Å². The van der Waals surface area contributed by atoms with Crippen molar-refractivity contribution in [2.75, 3.05) is 30.1 Å². The Morgan fingerprint density at radius 3 is 2.56 bits per heavy atom. The Morgan fingerprint density at radius 2 is 1.89 bits per heavy atom. The van der Waals surface area contributed by atoms with E-state index < -0.39 is 0 Å². The van der Waals surface area contributed by atoms with Crippen LogP contribution in [-0.4, -0.2) is 31.3 Å². The summed E-state index contributed by atoms with van der Waals surface area (Å²) in [6.07, 6.45) is 0. The molecule has 0 atom stereocenters. The standard InChI is InChI=1S/C19H17ClN2O4S/c1-25-16-7-4-13(20)10-15(16)22-18(23)12-2-5-14(6-3-12)21-19(24)17-11-27-9-8-26-17/h2-7,10-11H,8-9H2,1H3,(H,21,24)(H,22,23). The Morgan fingerprint density at radius 1 is 1.11 bits per heavy atom. The molecule has 2 aromatic rings. The van der Waals surface area contributed by atoms with Gasteiger partial charge in [-0.05, 0) is 42.5 Å². The minimum atomic E-state index is -0.317. The molecule has 0 aromatic heterocycles. The van der Waals surface area contributed by atoms with Gasteiger partial charge in [0.1, 0.15) is 5.75 Å². The second-order valence-corrected chi connectivity index (χ2v) is 6.95. The third kappa shape index (κ3) is 4.96. The number of ether oxygens (including phenoxy) is 2. The third-order valence-electron chi connectivity index (χ3n) is 3.69. The Kier molecular flexibility index (Phi) is 6.26. The molecular weight excluding hydrogens is 388 g/mol. The maximum Gasteiger partial charge on any atom is 0.291 e. The van der Waals surface area contributed by atoms with Gasteiger partial charge in [0.05, 0.1) is 19.4 Å². The zero-order valence-corrected chi connectivity index (χ0v) is 16.0. The van der Waals surface area contributed by atoms with E-state index in [1.165, 1.54) is 18.9 Å². The van der Waals surface area contributed by atoms with E-state index in [-0.39, 0.29) is 11.8 Å². The first-order valence-corrected chi connectivity index (χ1v) is 9.50. The average Bonchev–Trinajstić information content (AvgIpc) is 2.69. The van der Waals surface area contributed by atoms with Gasteiger partial charge >= 0.3 is 0 Å². The molecular formula is C19H17ClN2O4S. The Labute approximate surface area is 165 Å². The summed E-state index contributed by atoms with van der Waals surface area (Å²) in [5.41, 5.74) is 1.47. The van der Waals surface area contributed by atoms with Crippen LogP contribution in [0.25, 0.3) is 0 Å². The van der Waals surface area contributed by atoms with Crippen molar-refractivity contribution in [2.24, 2.45) is 0 Å². The number of nitrogens with one attached hydrogen (secondary N) is 2. The van der Waals surface area contributed by atoms with Crippen LogP contribution >= 0.6 is 23.4 Å². The lowest BCUT2D eigenvalue weighted by Crippen LogP contribution is -2.19. The zero-order valence-electron chi connectivity index (χ0n) is 14.5. The van der Waals surface area contributed by atoms with Crippen LogP contribution in [-0.2, 0) is 9.53 Å². The summed E-state index contributed by atoms with van der Waals surface area (Å²) in [6, 6.07) is 11.5. The van der Waals surface area contributed by atoms with Crippen molar-refractivity contribution in [2.45, 2.75) is 0 Å². The van der Waals surface area contributed by atoms with E-state index >= 15 is 0 Å². The lowest BCUT2D eigenvalue weighted by atomic mass is 10.2. The van der Waals surface area contributed by atoms with Crippen LogP contribution < -0.4 is 15.4 Å². The van der Waals surface area contributed by atoms with Crippen molar-refractivity contribution < 1.29 is 19.1 Å². The number of hydrogen-bond acceptors (Lipinski definition) is 5. The highest BCUT2D eigenvalue weighted by molar-refractivity contribution is 8.02. The molecule has 140 valence electrons. The first-order valence-electron chi connectivity index (χ1n) is 8.07. The van der Waals surface area contributed by atoms with Gasteiger partial charge in [0, 0.05) is 27.4 Å². The fraction of sp³-hybridized carbons (Fsp3) is 0.158. The molecule has 2 aromatic carbocycles. The van der Waals surface area contributed by atoms with Crippen molar-refractivity contribution >= 4 is 46.6 Å². The van der Waals surface area contributed by atoms with Crippen LogP contribution in [0.15, 0.2) is 53.6 Å². The highest BCUT2D eigenvalue weighted by atomic mass is 35.5. The van der Waals surface area contributed by atoms with E-state index in [0.717, 1.165) is 5.75 Å². The molecule has 2 amide bonds.